The van der Waals surface area contributed by atoms with Gasteiger partial charge in [-0.25, -0.2) is 0 Å². The van der Waals surface area contributed by atoms with E-state index in [9.17, 15) is 0 Å². The smallest absolute Gasteiger partial charge is 0.0684 e. The van der Waals surface area contributed by atoms with Gasteiger partial charge in [-0.3, -0.25) is 4.90 Å². The fraction of sp³-hybridized carbons (Fsp3) is 0.700. The summed E-state index contributed by atoms with van der Waals surface area (Å²) >= 11 is 0. The van der Waals surface area contributed by atoms with E-state index >= 15 is 0 Å². The zero-order valence-corrected chi connectivity index (χ0v) is 14.7. The molecule has 24 heavy (non-hydrogen) atoms. The van der Waals surface area contributed by atoms with Crippen LogP contribution in [0.4, 0.5) is 0 Å². The van der Waals surface area contributed by atoms with Gasteiger partial charge in [0, 0.05) is 44.2 Å². The van der Waals surface area contributed by atoms with Gasteiger partial charge in [0.1, 0.15) is 0 Å². The Morgan fingerprint density at radius 2 is 1.96 bits per heavy atom. The minimum absolute atomic E-state index is 0.445. The largest absolute Gasteiger partial charge is 0.384 e. The van der Waals surface area contributed by atoms with Crippen LogP contribution in [0, 0.1) is 11.8 Å². The van der Waals surface area contributed by atoms with Gasteiger partial charge in [0.15, 0.2) is 0 Å². The second kappa shape index (κ2) is 7.52. The van der Waals surface area contributed by atoms with Crippen LogP contribution < -0.4 is 5.32 Å². The molecule has 2 aliphatic heterocycles. The summed E-state index contributed by atoms with van der Waals surface area (Å²) in [6, 6.07) is 12.1. The summed E-state index contributed by atoms with van der Waals surface area (Å²) in [7, 11) is 1.81. The number of piperidine rings is 1. The Morgan fingerprint density at radius 3 is 2.71 bits per heavy atom. The van der Waals surface area contributed by atoms with Gasteiger partial charge < -0.3 is 14.8 Å². The van der Waals surface area contributed by atoms with Gasteiger partial charge in [-0.1, -0.05) is 30.3 Å². The molecule has 0 unspecified atom stereocenters. The molecule has 1 aromatic carbocycles. The van der Waals surface area contributed by atoms with Crippen LogP contribution in [0.3, 0.4) is 0 Å². The second-order valence-electron chi connectivity index (χ2n) is 7.64. The van der Waals surface area contributed by atoms with Crippen molar-refractivity contribution in [1.82, 2.24) is 10.2 Å². The van der Waals surface area contributed by atoms with Gasteiger partial charge in [0.2, 0.25) is 0 Å². The van der Waals surface area contributed by atoms with Crippen LogP contribution >= 0.6 is 0 Å². The third-order valence-corrected chi connectivity index (χ3v) is 6.15. The number of hydrogen-bond acceptors (Lipinski definition) is 4. The molecule has 4 atom stereocenters. The molecule has 1 saturated carbocycles. The van der Waals surface area contributed by atoms with E-state index in [1.165, 1.54) is 37.9 Å². The molecule has 2 heterocycles. The molecule has 0 bridgehead atoms. The van der Waals surface area contributed by atoms with E-state index in [0.29, 0.717) is 30.0 Å². The lowest BCUT2D eigenvalue weighted by Gasteiger charge is -2.50. The summed E-state index contributed by atoms with van der Waals surface area (Å²) < 4.78 is 11.3. The molecule has 4 heteroatoms. The van der Waals surface area contributed by atoms with Gasteiger partial charge >= 0.3 is 0 Å². The van der Waals surface area contributed by atoms with E-state index in [0.717, 1.165) is 19.8 Å². The fourth-order valence-corrected chi connectivity index (χ4v) is 4.84. The van der Waals surface area contributed by atoms with Crippen molar-refractivity contribution in [3.63, 3.8) is 0 Å². The number of ether oxygens (including phenoxy) is 2. The number of hydrogen-bond donors (Lipinski definition) is 1. The van der Waals surface area contributed by atoms with Crippen molar-refractivity contribution < 1.29 is 9.47 Å². The zero-order chi connectivity index (χ0) is 16.4. The molecule has 0 radical (unpaired) electrons. The summed E-state index contributed by atoms with van der Waals surface area (Å²) in [5, 5.41) is 3.96. The maximum atomic E-state index is 5.89. The summed E-state index contributed by atoms with van der Waals surface area (Å²) in [5.41, 5.74) is 1.43. The molecule has 4 nitrogen and oxygen atoms in total. The first-order chi connectivity index (χ1) is 11.8. The van der Waals surface area contributed by atoms with Crippen LogP contribution in [0.15, 0.2) is 30.3 Å². The molecule has 0 aromatic heterocycles. The van der Waals surface area contributed by atoms with Crippen LogP contribution in [0.5, 0.6) is 0 Å². The van der Waals surface area contributed by atoms with Crippen LogP contribution in [-0.4, -0.2) is 56.5 Å². The average molecular weight is 330 g/mol. The SMILES string of the molecule is COC[C@@H]1[C@H](NC2CCN(Cc3ccccc3)CC2)[C@@H]2CCO[C@H]12. The predicted molar refractivity (Wildman–Crippen MR) is 94.9 cm³/mol. The Labute approximate surface area is 145 Å². The minimum Gasteiger partial charge on any atom is -0.384 e. The summed E-state index contributed by atoms with van der Waals surface area (Å²) in [5.74, 6) is 1.26. The Bertz CT molecular complexity index is 516. The topological polar surface area (TPSA) is 33.7 Å². The number of rotatable bonds is 6. The van der Waals surface area contributed by atoms with E-state index in [-0.39, 0.29) is 0 Å². The maximum Gasteiger partial charge on any atom is 0.0684 e. The van der Waals surface area contributed by atoms with Crippen LogP contribution in [0.2, 0.25) is 0 Å². The monoisotopic (exact) mass is 330 g/mol. The lowest BCUT2D eigenvalue weighted by molar-refractivity contribution is -0.0882. The Kier molecular flexibility index (Phi) is 5.18. The van der Waals surface area contributed by atoms with Crippen molar-refractivity contribution >= 4 is 0 Å². The highest BCUT2D eigenvalue weighted by molar-refractivity contribution is 5.14. The molecule has 1 aromatic rings. The van der Waals surface area contributed by atoms with Gasteiger partial charge in [-0.15, -0.1) is 0 Å². The third-order valence-electron chi connectivity index (χ3n) is 6.15. The van der Waals surface area contributed by atoms with Crippen molar-refractivity contribution in [2.75, 3.05) is 33.4 Å². The lowest BCUT2D eigenvalue weighted by atomic mass is 9.66. The first kappa shape index (κ1) is 16.5. The van der Waals surface area contributed by atoms with Gasteiger partial charge in [-0.05, 0) is 37.9 Å². The average Bonchev–Trinajstić information content (AvgIpc) is 3.04. The lowest BCUT2D eigenvalue weighted by Crippen LogP contribution is -2.64. The quantitative estimate of drug-likeness (QED) is 0.868. The van der Waals surface area contributed by atoms with Crippen LogP contribution in [0.25, 0.3) is 0 Å². The van der Waals surface area contributed by atoms with E-state index in [2.05, 4.69) is 40.5 Å². The Balaban J connectivity index is 1.26. The number of nitrogens with one attached hydrogen (secondary N) is 1. The van der Waals surface area contributed by atoms with Crippen molar-refractivity contribution in [3.8, 4) is 0 Å². The highest BCUT2D eigenvalue weighted by Gasteiger charge is 2.53. The molecule has 3 aliphatic rings. The van der Waals surface area contributed by atoms with Crippen molar-refractivity contribution in [3.05, 3.63) is 35.9 Å². The number of methoxy groups -OCH3 is 1. The molecular weight excluding hydrogens is 300 g/mol. The predicted octanol–water partition coefficient (Wildman–Crippen LogP) is 2.29. The first-order valence-corrected chi connectivity index (χ1v) is 9.48. The van der Waals surface area contributed by atoms with Crippen LogP contribution in [-0.2, 0) is 16.0 Å². The molecular formula is C20H30N2O2. The first-order valence-electron chi connectivity index (χ1n) is 9.48. The van der Waals surface area contributed by atoms with Gasteiger partial charge in [0.05, 0.1) is 12.7 Å². The molecule has 1 N–H and O–H groups in total. The molecule has 132 valence electrons. The van der Waals surface area contributed by atoms with Gasteiger partial charge in [0.25, 0.3) is 0 Å². The number of benzene rings is 1. The van der Waals surface area contributed by atoms with E-state index in [4.69, 9.17) is 9.47 Å². The standard InChI is InChI=1S/C20H30N2O2/c1-23-14-18-19(17-9-12-24-20(17)18)21-16-7-10-22(11-8-16)13-15-5-3-2-4-6-15/h2-6,16-21H,7-14H2,1H3/t17-,18+,19+,20-/m0/s1. The maximum absolute atomic E-state index is 5.89. The molecule has 0 spiro atoms. The van der Waals surface area contributed by atoms with Crippen molar-refractivity contribution in [2.45, 2.75) is 44.0 Å². The summed E-state index contributed by atoms with van der Waals surface area (Å²) in [6.45, 7) is 5.23. The molecule has 1 aliphatic carbocycles. The van der Waals surface area contributed by atoms with Crippen molar-refractivity contribution in [1.29, 1.82) is 0 Å². The van der Waals surface area contributed by atoms with E-state index in [1.807, 2.05) is 0 Å². The minimum atomic E-state index is 0.445. The number of likely N-dealkylation sites (tertiary alicyclic amines) is 1. The van der Waals surface area contributed by atoms with Gasteiger partial charge in [-0.2, -0.15) is 0 Å². The van der Waals surface area contributed by atoms with Crippen LogP contribution in [0.1, 0.15) is 24.8 Å². The summed E-state index contributed by atoms with van der Waals surface area (Å²) in [4.78, 5) is 2.59. The molecule has 4 rings (SSSR count). The molecule has 2 saturated heterocycles. The highest BCUT2D eigenvalue weighted by atomic mass is 16.5. The number of nitrogens with zero attached hydrogens (tertiary/aromatic N) is 1. The number of fused-ring (bicyclic) bond motifs is 1. The molecule has 3 fully saturated rings. The normalized spacial score (nSPS) is 34.0. The van der Waals surface area contributed by atoms with E-state index < -0.39 is 0 Å². The Hall–Kier alpha value is -0.940. The Morgan fingerprint density at radius 1 is 1.17 bits per heavy atom. The van der Waals surface area contributed by atoms with E-state index in [1.54, 1.807) is 7.11 Å². The third kappa shape index (κ3) is 3.38. The zero-order valence-electron chi connectivity index (χ0n) is 14.7. The molecule has 0 amide bonds. The second-order valence-corrected chi connectivity index (χ2v) is 7.64. The summed E-state index contributed by atoms with van der Waals surface area (Å²) in [6.07, 6.45) is 4.17. The fourth-order valence-electron chi connectivity index (χ4n) is 4.84. The highest BCUT2D eigenvalue weighted by Crippen LogP contribution is 2.44. The van der Waals surface area contributed by atoms with Crippen molar-refractivity contribution in [2.24, 2.45) is 11.8 Å².